The van der Waals surface area contributed by atoms with Gasteiger partial charge in [0.2, 0.25) is 0 Å². The topological polar surface area (TPSA) is 38.9 Å². The lowest BCUT2D eigenvalue weighted by Gasteiger charge is -1.86. The van der Waals surface area contributed by atoms with Gasteiger partial charge in [-0.1, -0.05) is 0 Å². The van der Waals surface area contributed by atoms with Gasteiger partial charge in [-0.15, -0.1) is 22.7 Å². The molecule has 2 aromatic rings. The summed E-state index contributed by atoms with van der Waals surface area (Å²) < 4.78 is 1.11. The molecular weight excluding hydrogens is 268 g/mol. The Kier molecular flexibility index (Phi) is 2.78. The molecule has 2 heterocycles. The zero-order chi connectivity index (χ0) is 9.26. The van der Waals surface area contributed by atoms with E-state index in [-0.39, 0.29) is 0 Å². The molecule has 0 saturated heterocycles. The van der Waals surface area contributed by atoms with Crippen LogP contribution in [0.1, 0.15) is 5.69 Å². The van der Waals surface area contributed by atoms with Crippen LogP contribution in [0.2, 0.25) is 0 Å². The highest BCUT2D eigenvalue weighted by Crippen LogP contribution is 2.31. The molecule has 0 amide bonds. The molecule has 0 fully saturated rings. The van der Waals surface area contributed by atoms with Gasteiger partial charge >= 0.3 is 0 Å². The van der Waals surface area contributed by atoms with Crippen molar-refractivity contribution in [3.05, 3.63) is 27.0 Å². The van der Waals surface area contributed by atoms with E-state index in [1.165, 1.54) is 4.88 Å². The van der Waals surface area contributed by atoms with Crippen LogP contribution in [0.25, 0.3) is 9.88 Å². The number of rotatable bonds is 2. The lowest BCUT2D eigenvalue weighted by molar-refractivity contribution is 1.01. The average Bonchev–Trinajstić information content (AvgIpc) is 2.71. The molecule has 0 saturated carbocycles. The van der Waals surface area contributed by atoms with E-state index in [9.17, 15) is 0 Å². The van der Waals surface area contributed by atoms with Gasteiger partial charge in [-0.25, -0.2) is 4.98 Å². The fourth-order valence-corrected chi connectivity index (χ4v) is 3.28. The zero-order valence-electron chi connectivity index (χ0n) is 6.66. The molecule has 2 nitrogen and oxygen atoms in total. The maximum atomic E-state index is 5.48. The SMILES string of the molecule is NCc1csc(-c2cc(Br)cs2)n1. The van der Waals surface area contributed by atoms with Gasteiger partial charge in [0.25, 0.3) is 0 Å². The van der Waals surface area contributed by atoms with Gasteiger partial charge in [0.05, 0.1) is 10.6 Å². The Labute approximate surface area is 92.6 Å². The van der Waals surface area contributed by atoms with Crippen molar-refractivity contribution in [3.63, 3.8) is 0 Å². The van der Waals surface area contributed by atoms with Crippen molar-refractivity contribution in [2.24, 2.45) is 5.73 Å². The van der Waals surface area contributed by atoms with Gasteiger partial charge in [-0.3, -0.25) is 0 Å². The maximum absolute atomic E-state index is 5.48. The number of nitrogens with zero attached hydrogens (tertiary/aromatic N) is 1. The standard InChI is InChI=1S/C8H7BrN2S2/c9-5-1-7(12-3-5)8-11-6(2-10)4-13-8/h1,3-4H,2,10H2. The molecule has 2 rings (SSSR count). The fourth-order valence-electron chi connectivity index (χ4n) is 0.939. The van der Waals surface area contributed by atoms with Crippen LogP contribution in [0, 0.1) is 0 Å². The predicted octanol–water partition coefficient (Wildman–Crippen LogP) is 3.09. The van der Waals surface area contributed by atoms with Crippen molar-refractivity contribution in [2.75, 3.05) is 0 Å². The van der Waals surface area contributed by atoms with E-state index >= 15 is 0 Å². The van der Waals surface area contributed by atoms with Crippen LogP contribution in [0.4, 0.5) is 0 Å². The first-order valence-electron chi connectivity index (χ1n) is 3.68. The number of nitrogens with two attached hydrogens (primary N) is 1. The average molecular weight is 275 g/mol. The van der Waals surface area contributed by atoms with E-state index < -0.39 is 0 Å². The van der Waals surface area contributed by atoms with Gasteiger partial charge in [-0.05, 0) is 22.0 Å². The smallest absolute Gasteiger partial charge is 0.133 e. The minimum atomic E-state index is 0.517. The Balaban J connectivity index is 2.35. The van der Waals surface area contributed by atoms with Gasteiger partial charge in [0, 0.05) is 21.8 Å². The summed E-state index contributed by atoms with van der Waals surface area (Å²) in [7, 11) is 0. The summed E-state index contributed by atoms with van der Waals surface area (Å²) in [4.78, 5) is 5.59. The summed E-state index contributed by atoms with van der Waals surface area (Å²) in [6.45, 7) is 0.517. The zero-order valence-corrected chi connectivity index (χ0v) is 9.88. The number of thiazole rings is 1. The number of hydrogen-bond acceptors (Lipinski definition) is 4. The molecule has 0 radical (unpaired) electrons. The first-order valence-corrected chi connectivity index (χ1v) is 6.23. The molecule has 68 valence electrons. The minimum absolute atomic E-state index is 0.517. The van der Waals surface area contributed by atoms with Crippen LogP contribution in [0.3, 0.4) is 0 Å². The van der Waals surface area contributed by atoms with Crippen molar-refractivity contribution in [3.8, 4) is 9.88 Å². The third kappa shape index (κ3) is 1.99. The third-order valence-electron chi connectivity index (χ3n) is 1.54. The van der Waals surface area contributed by atoms with Gasteiger partial charge in [0.15, 0.2) is 0 Å². The van der Waals surface area contributed by atoms with E-state index in [0.717, 1.165) is 15.2 Å². The first-order chi connectivity index (χ1) is 6.29. The Morgan fingerprint density at radius 1 is 1.38 bits per heavy atom. The minimum Gasteiger partial charge on any atom is -0.325 e. The van der Waals surface area contributed by atoms with Crippen molar-refractivity contribution < 1.29 is 0 Å². The highest BCUT2D eigenvalue weighted by Gasteiger charge is 2.05. The number of halogens is 1. The molecule has 0 aliphatic carbocycles. The Hall–Kier alpha value is -0.230. The quantitative estimate of drug-likeness (QED) is 0.914. The predicted molar refractivity (Wildman–Crippen MR) is 61.0 cm³/mol. The molecule has 0 bridgehead atoms. The highest BCUT2D eigenvalue weighted by molar-refractivity contribution is 9.10. The molecule has 0 aliphatic rings. The van der Waals surface area contributed by atoms with Crippen LogP contribution in [0.15, 0.2) is 21.3 Å². The molecule has 5 heteroatoms. The number of hydrogen-bond donors (Lipinski definition) is 1. The summed E-state index contributed by atoms with van der Waals surface area (Å²) in [5, 5.41) is 5.11. The first kappa shape index (κ1) is 9.33. The number of thiophene rings is 1. The molecule has 0 aliphatic heterocycles. The number of aromatic nitrogens is 1. The van der Waals surface area contributed by atoms with Crippen LogP contribution >= 0.6 is 38.6 Å². The van der Waals surface area contributed by atoms with Gasteiger partial charge in [0.1, 0.15) is 5.01 Å². The summed E-state index contributed by atoms with van der Waals surface area (Å²) in [6.07, 6.45) is 0. The second-order valence-corrected chi connectivity index (χ2v) is 5.16. The summed E-state index contributed by atoms with van der Waals surface area (Å²) >= 11 is 6.74. The highest BCUT2D eigenvalue weighted by atomic mass is 79.9. The monoisotopic (exact) mass is 274 g/mol. The van der Waals surface area contributed by atoms with Crippen molar-refractivity contribution in [1.29, 1.82) is 0 Å². The second kappa shape index (κ2) is 3.88. The van der Waals surface area contributed by atoms with Crippen molar-refractivity contribution >= 4 is 38.6 Å². The van der Waals surface area contributed by atoms with E-state index in [4.69, 9.17) is 5.73 Å². The van der Waals surface area contributed by atoms with E-state index in [1.54, 1.807) is 22.7 Å². The largest absolute Gasteiger partial charge is 0.325 e. The fraction of sp³-hybridized carbons (Fsp3) is 0.125. The van der Waals surface area contributed by atoms with Crippen LogP contribution < -0.4 is 5.73 Å². The molecule has 2 N–H and O–H groups in total. The molecule has 2 aromatic heterocycles. The van der Waals surface area contributed by atoms with E-state index in [2.05, 4.69) is 32.4 Å². The van der Waals surface area contributed by atoms with Crippen molar-refractivity contribution in [2.45, 2.75) is 6.54 Å². The Morgan fingerprint density at radius 3 is 2.77 bits per heavy atom. The molecule has 13 heavy (non-hydrogen) atoms. The molecule has 0 spiro atoms. The van der Waals surface area contributed by atoms with Crippen molar-refractivity contribution in [1.82, 2.24) is 4.98 Å². The molecule has 0 unspecified atom stereocenters. The molecule has 0 aromatic carbocycles. The van der Waals surface area contributed by atoms with E-state index in [1.807, 2.05) is 5.38 Å². The second-order valence-electron chi connectivity index (χ2n) is 2.48. The lowest BCUT2D eigenvalue weighted by atomic mass is 10.4. The van der Waals surface area contributed by atoms with Gasteiger partial charge < -0.3 is 5.73 Å². The van der Waals surface area contributed by atoms with Crippen LogP contribution in [-0.4, -0.2) is 4.98 Å². The maximum Gasteiger partial charge on any atom is 0.133 e. The molecular formula is C8H7BrN2S2. The third-order valence-corrected chi connectivity index (χ3v) is 4.29. The summed E-state index contributed by atoms with van der Waals surface area (Å²) in [5.41, 5.74) is 6.45. The van der Waals surface area contributed by atoms with E-state index in [0.29, 0.717) is 6.54 Å². The van der Waals surface area contributed by atoms with Gasteiger partial charge in [-0.2, -0.15) is 0 Å². The Morgan fingerprint density at radius 2 is 2.23 bits per heavy atom. The normalized spacial score (nSPS) is 10.6. The summed E-state index contributed by atoms with van der Waals surface area (Å²) in [5.74, 6) is 0. The van der Waals surface area contributed by atoms with Crippen LogP contribution in [0.5, 0.6) is 0 Å². The Bertz CT molecular complexity index is 408. The lowest BCUT2D eigenvalue weighted by Crippen LogP contribution is -1.95. The molecule has 0 atom stereocenters. The summed E-state index contributed by atoms with van der Waals surface area (Å²) in [6, 6.07) is 2.07. The van der Waals surface area contributed by atoms with Crippen LogP contribution in [-0.2, 0) is 6.54 Å².